The molecule has 0 spiro atoms. The van der Waals surface area contributed by atoms with Crippen molar-refractivity contribution < 1.29 is 4.79 Å². The summed E-state index contributed by atoms with van der Waals surface area (Å²) in [5, 5.41) is 0.946. The molecule has 1 aromatic rings. The molecule has 1 aliphatic rings. The molecule has 0 aliphatic carbocycles. The van der Waals surface area contributed by atoms with Crippen molar-refractivity contribution in [3.05, 3.63) is 33.9 Å². The Morgan fingerprint density at radius 2 is 1.85 bits per heavy atom. The SMILES string of the molecule is CC(=O)c1cc(C)c(C)c(C2=NC(C)(C)C(=S)S2)c1C. The number of ketones is 1. The predicted molar refractivity (Wildman–Crippen MR) is 91.5 cm³/mol. The molecule has 0 saturated carbocycles. The molecule has 1 heterocycles. The zero-order valence-corrected chi connectivity index (χ0v) is 14.4. The summed E-state index contributed by atoms with van der Waals surface area (Å²) < 4.78 is 0.886. The second-order valence-electron chi connectivity index (χ2n) is 5.79. The molecule has 0 fully saturated rings. The fourth-order valence-corrected chi connectivity index (χ4v) is 3.81. The molecule has 0 bridgehead atoms. The van der Waals surface area contributed by atoms with Gasteiger partial charge in [0, 0.05) is 11.1 Å². The Hall–Kier alpha value is -1.00. The van der Waals surface area contributed by atoms with E-state index in [0.717, 1.165) is 31.5 Å². The third-order valence-electron chi connectivity index (χ3n) is 3.77. The van der Waals surface area contributed by atoms with Crippen LogP contribution >= 0.6 is 24.0 Å². The quantitative estimate of drug-likeness (QED) is 0.598. The summed E-state index contributed by atoms with van der Waals surface area (Å²) in [7, 11) is 0. The first-order valence-electron chi connectivity index (χ1n) is 6.59. The number of hydrogen-bond acceptors (Lipinski definition) is 4. The van der Waals surface area contributed by atoms with E-state index in [9.17, 15) is 4.79 Å². The summed E-state index contributed by atoms with van der Waals surface area (Å²) in [6.07, 6.45) is 0. The Kier molecular flexibility index (Phi) is 3.91. The Bertz CT molecular complexity index is 657. The van der Waals surface area contributed by atoms with Crippen molar-refractivity contribution in [2.45, 2.75) is 47.1 Å². The van der Waals surface area contributed by atoms with Gasteiger partial charge in [0.1, 0.15) is 5.04 Å². The van der Waals surface area contributed by atoms with Gasteiger partial charge in [0.2, 0.25) is 0 Å². The largest absolute Gasteiger partial charge is 0.295 e. The van der Waals surface area contributed by atoms with E-state index in [0.29, 0.717) is 0 Å². The summed E-state index contributed by atoms with van der Waals surface area (Å²) >= 11 is 6.97. The molecule has 0 atom stereocenters. The normalized spacial score (nSPS) is 17.3. The maximum Gasteiger partial charge on any atom is 0.160 e. The fourth-order valence-electron chi connectivity index (χ4n) is 2.37. The second-order valence-corrected chi connectivity index (χ2v) is 7.45. The molecule has 1 aromatic carbocycles. The molecule has 2 nitrogen and oxygen atoms in total. The predicted octanol–water partition coefficient (Wildman–Crippen LogP) is 4.41. The molecule has 20 heavy (non-hydrogen) atoms. The van der Waals surface area contributed by atoms with Gasteiger partial charge >= 0.3 is 0 Å². The lowest BCUT2D eigenvalue weighted by molar-refractivity contribution is 0.101. The third-order valence-corrected chi connectivity index (χ3v) is 5.69. The van der Waals surface area contributed by atoms with E-state index < -0.39 is 0 Å². The highest BCUT2D eigenvalue weighted by atomic mass is 32.2. The number of carbonyl (C=O) groups is 1. The number of aryl methyl sites for hydroxylation is 1. The summed E-state index contributed by atoms with van der Waals surface area (Å²) in [6, 6.07) is 1.97. The second kappa shape index (κ2) is 5.08. The van der Waals surface area contributed by atoms with Crippen LogP contribution in [0, 0.1) is 20.8 Å². The van der Waals surface area contributed by atoms with Gasteiger partial charge < -0.3 is 0 Å². The van der Waals surface area contributed by atoms with E-state index in [4.69, 9.17) is 17.2 Å². The van der Waals surface area contributed by atoms with Crippen LogP contribution in [0.5, 0.6) is 0 Å². The van der Waals surface area contributed by atoms with E-state index in [2.05, 4.69) is 6.92 Å². The molecular formula is C16H19NOS2. The highest BCUT2D eigenvalue weighted by Crippen LogP contribution is 2.36. The number of thioether (sulfide) groups is 1. The highest BCUT2D eigenvalue weighted by molar-refractivity contribution is 8.34. The maximum absolute atomic E-state index is 11.8. The first kappa shape index (κ1) is 15.4. The number of thiocarbonyl (C=S) groups is 1. The van der Waals surface area contributed by atoms with E-state index in [1.165, 1.54) is 5.56 Å². The molecule has 4 heteroatoms. The van der Waals surface area contributed by atoms with Crippen molar-refractivity contribution in [1.82, 2.24) is 0 Å². The smallest absolute Gasteiger partial charge is 0.160 e. The average molecular weight is 305 g/mol. The molecule has 2 rings (SSSR count). The summed E-state index contributed by atoms with van der Waals surface area (Å²) in [5.41, 5.74) is 4.85. The van der Waals surface area contributed by atoms with Gasteiger partial charge in [-0.15, -0.1) is 0 Å². The first-order chi connectivity index (χ1) is 9.15. The average Bonchev–Trinajstić information content (AvgIpc) is 2.58. The molecule has 0 aromatic heterocycles. The standard InChI is InChI=1S/C16H19NOS2/c1-8-7-12(11(4)18)10(3)13(9(8)2)14-17-16(5,6)15(19)20-14/h7H,1-6H3. The fraction of sp³-hybridized carbons (Fsp3) is 0.438. The van der Waals surface area contributed by atoms with Crippen molar-refractivity contribution in [2.75, 3.05) is 0 Å². The van der Waals surface area contributed by atoms with Gasteiger partial charge in [-0.3, -0.25) is 9.79 Å². The van der Waals surface area contributed by atoms with Crippen LogP contribution in [0.4, 0.5) is 0 Å². The van der Waals surface area contributed by atoms with Crippen LogP contribution in [-0.2, 0) is 0 Å². The van der Waals surface area contributed by atoms with Crippen molar-refractivity contribution in [2.24, 2.45) is 4.99 Å². The molecule has 0 unspecified atom stereocenters. The van der Waals surface area contributed by atoms with Crippen LogP contribution < -0.4 is 0 Å². The maximum atomic E-state index is 11.8. The van der Waals surface area contributed by atoms with E-state index >= 15 is 0 Å². The lowest BCUT2D eigenvalue weighted by Gasteiger charge is -2.15. The van der Waals surface area contributed by atoms with E-state index in [-0.39, 0.29) is 11.3 Å². The molecule has 0 radical (unpaired) electrons. The van der Waals surface area contributed by atoms with Crippen molar-refractivity contribution in [1.29, 1.82) is 0 Å². The Labute approximate surface area is 130 Å². The van der Waals surface area contributed by atoms with Gasteiger partial charge in [0.05, 0.1) is 9.74 Å². The Balaban J connectivity index is 2.70. The number of hydrogen-bond donors (Lipinski definition) is 0. The number of benzene rings is 1. The molecule has 0 saturated heterocycles. The summed E-state index contributed by atoms with van der Waals surface area (Å²) in [4.78, 5) is 16.6. The van der Waals surface area contributed by atoms with Crippen LogP contribution in [0.15, 0.2) is 11.1 Å². The number of carbonyl (C=O) groups excluding carboxylic acids is 1. The van der Waals surface area contributed by atoms with Gasteiger partial charge in [-0.1, -0.05) is 24.0 Å². The van der Waals surface area contributed by atoms with Crippen LogP contribution in [0.2, 0.25) is 0 Å². The van der Waals surface area contributed by atoms with Gasteiger partial charge in [-0.2, -0.15) is 0 Å². The number of nitrogens with zero attached hydrogens (tertiary/aromatic N) is 1. The topological polar surface area (TPSA) is 29.4 Å². The van der Waals surface area contributed by atoms with Crippen molar-refractivity contribution in [3.8, 4) is 0 Å². The van der Waals surface area contributed by atoms with Gasteiger partial charge in [0.25, 0.3) is 0 Å². The monoisotopic (exact) mass is 305 g/mol. The van der Waals surface area contributed by atoms with Crippen molar-refractivity contribution >= 4 is 39.0 Å². The molecule has 1 aliphatic heterocycles. The molecule has 0 N–H and O–H groups in total. The van der Waals surface area contributed by atoms with Gasteiger partial charge in [-0.25, -0.2) is 0 Å². The molecule has 106 valence electrons. The van der Waals surface area contributed by atoms with Gasteiger partial charge in [0.15, 0.2) is 5.78 Å². The minimum absolute atomic E-state index is 0.0947. The number of rotatable bonds is 2. The zero-order valence-electron chi connectivity index (χ0n) is 12.7. The minimum Gasteiger partial charge on any atom is -0.295 e. The third kappa shape index (κ3) is 2.47. The van der Waals surface area contributed by atoms with Crippen molar-refractivity contribution in [3.63, 3.8) is 0 Å². The Morgan fingerprint density at radius 3 is 2.30 bits per heavy atom. The first-order valence-corrected chi connectivity index (χ1v) is 7.82. The zero-order chi connectivity index (χ0) is 15.2. The van der Waals surface area contributed by atoms with Crippen LogP contribution in [0.25, 0.3) is 0 Å². The number of Topliss-reactive ketones (excluding diaryl/α,β-unsaturated/α-hetero) is 1. The van der Waals surface area contributed by atoms with Crippen LogP contribution in [0.3, 0.4) is 0 Å². The highest BCUT2D eigenvalue weighted by Gasteiger charge is 2.33. The summed E-state index contributed by atoms with van der Waals surface area (Å²) in [5.74, 6) is 0.0947. The summed E-state index contributed by atoms with van der Waals surface area (Å²) in [6.45, 7) is 11.8. The Morgan fingerprint density at radius 1 is 1.25 bits per heavy atom. The molecule has 0 amide bonds. The van der Waals surface area contributed by atoms with Gasteiger partial charge in [-0.05, 0) is 64.3 Å². The van der Waals surface area contributed by atoms with Crippen LogP contribution in [-0.4, -0.2) is 20.6 Å². The van der Waals surface area contributed by atoms with Crippen LogP contribution in [0.1, 0.15) is 53.4 Å². The van der Waals surface area contributed by atoms with E-state index in [1.54, 1.807) is 18.7 Å². The lowest BCUT2D eigenvalue weighted by Crippen LogP contribution is -2.20. The minimum atomic E-state index is -0.311. The number of aliphatic imine (C=N–C) groups is 1. The lowest BCUT2D eigenvalue weighted by atomic mass is 9.92. The molecular weight excluding hydrogens is 286 g/mol. The van der Waals surface area contributed by atoms with E-state index in [1.807, 2.05) is 33.8 Å².